The Labute approximate surface area is 263 Å². The van der Waals surface area contributed by atoms with Crippen LogP contribution in [0.25, 0.3) is 0 Å². The molecule has 1 aliphatic rings. The smallest absolute Gasteiger partial charge is 0.296 e. The average Bonchev–Trinajstić information content (AvgIpc) is 3.68. The predicted molar refractivity (Wildman–Crippen MR) is 173 cm³/mol. The summed E-state index contributed by atoms with van der Waals surface area (Å²) < 4.78 is 6.60. The highest BCUT2D eigenvalue weighted by atomic mass is 32.2. The quantitative estimate of drug-likeness (QED) is 0.0684. The summed E-state index contributed by atoms with van der Waals surface area (Å²) in [7, 11) is 0. The first-order chi connectivity index (χ1) is 20.8. The van der Waals surface area contributed by atoms with Gasteiger partial charge in [0.05, 0.1) is 33.8 Å². The molecule has 1 atom stereocenters. The number of carbonyl (C=O) groups is 2. The number of amides is 1. The maximum absolute atomic E-state index is 13.9. The van der Waals surface area contributed by atoms with E-state index in [1.54, 1.807) is 6.92 Å². The van der Waals surface area contributed by atoms with Gasteiger partial charge in [0, 0.05) is 5.75 Å². The average molecular weight is 635 g/mol. The normalized spacial score (nSPS) is 15.0. The highest BCUT2D eigenvalue weighted by Gasteiger charge is 2.46. The predicted octanol–water partition coefficient (Wildman–Crippen LogP) is 7.95. The molecule has 1 unspecified atom stereocenters. The SMILES string of the molecule is CCCCCCOc1ccc(C2C(C(=O)c3sc(C)nc3C)=C(O)C(=O)N2c2nnc(SCc3ccc(C)cc3)s2)cc1. The van der Waals surface area contributed by atoms with E-state index < -0.39 is 23.5 Å². The van der Waals surface area contributed by atoms with Gasteiger partial charge in [-0.05, 0) is 50.5 Å². The van der Waals surface area contributed by atoms with Gasteiger partial charge in [0.2, 0.25) is 10.9 Å². The van der Waals surface area contributed by atoms with Crippen LogP contribution in [0.5, 0.6) is 5.75 Å². The maximum Gasteiger partial charge on any atom is 0.296 e. The number of aromatic nitrogens is 3. The van der Waals surface area contributed by atoms with E-state index in [4.69, 9.17) is 4.74 Å². The van der Waals surface area contributed by atoms with Crippen molar-refractivity contribution in [3.63, 3.8) is 0 Å². The Morgan fingerprint density at radius 3 is 2.42 bits per heavy atom. The van der Waals surface area contributed by atoms with Crippen LogP contribution in [-0.4, -0.2) is 38.6 Å². The number of benzene rings is 2. The zero-order valence-corrected chi connectivity index (χ0v) is 27.1. The van der Waals surface area contributed by atoms with Crippen LogP contribution in [0.2, 0.25) is 0 Å². The van der Waals surface area contributed by atoms with Crippen LogP contribution < -0.4 is 9.64 Å². The number of carbonyl (C=O) groups excluding carboxylic acids is 2. The molecule has 0 radical (unpaired) electrons. The lowest BCUT2D eigenvalue weighted by atomic mass is 9.95. The molecule has 2 aromatic heterocycles. The number of thioether (sulfide) groups is 1. The number of unbranched alkanes of at least 4 members (excludes halogenated alkanes) is 3. The molecule has 224 valence electrons. The van der Waals surface area contributed by atoms with Gasteiger partial charge >= 0.3 is 0 Å². The minimum Gasteiger partial charge on any atom is -0.503 e. The minimum absolute atomic E-state index is 0.00837. The summed E-state index contributed by atoms with van der Waals surface area (Å²) in [6.07, 6.45) is 4.43. The highest BCUT2D eigenvalue weighted by molar-refractivity contribution is 8.00. The number of ketones is 1. The summed E-state index contributed by atoms with van der Waals surface area (Å²) in [6, 6.07) is 14.7. The molecule has 43 heavy (non-hydrogen) atoms. The van der Waals surface area contributed by atoms with E-state index >= 15 is 0 Å². The molecule has 0 bridgehead atoms. The van der Waals surface area contributed by atoms with E-state index in [1.807, 2.05) is 38.1 Å². The third kappa shape index (κ3) is 7.00. The second kappa shape index (κ2) is 13.8. The van der Waals surface area contributed by atoms with E-state index in [-0.39, 0.29) is 5.57 Å². The Hall–Kier alpha value is -3.54. The number of hydrogen-bond acceptors (Lipinski definition) is 10. The van der Waals surface area contributed by atoms with Gasteiger partial charge in [0.15, 0.2) is 10.1 Å². The summed E-state index contributed by atoms with van der Waals surface area (Å²) in [6.45, 7) is 8.42. The summed E-state index contributed by atoms with van der Waals surface area (Å²) >= 11 is 4.03. The van der Waals surface area contributed by atoms with Crippen molar-refractivity contribution < 1.29 is 19.4 Å². The first-order valence-corrected chi connectivity index (χ1v) is 16.9. The lowest BCUT2D eigenvalue weighted by Gasteiger charge is -2.24. The second-order valence-corrected chi connectivity index (χ2v) is 13.8. The Kier molecular flexibility index (Phi) is 9.94. The van der Waals surface area contributed by atoms with E-state index in [9.17, 15) is 14.7 Å². The van der Waals surface area contributed by atoms with Gasteiger partial charge in [0.1, 0.15) is 5.75 Å². The fourth-order valence-electron chi connectivity index (χ4n) is 4.87. The van der Waals surface area contributed by atoms with Gasteiger partial charge in [-0.15, -0.1) is 21.5 Å². The molecule has 0 saturated carbocycles. The molecule has 0 fully saturated rings. The van der Waals surface area contributed by atoms with Crippen molar-refractivity contribution in [2.24, 2.45) is 0 Å². The number of thiazole rings is 1. The molecule has 5 rings (SSSR count). The van der Waals surface area contributed by atoms with Gasteiger partial charge in [-0.3, -0.25) is 14.5 Å². The lowest BCUT2D eigenvalue weighted by Crippen LogP contribution is -2.31. The van der Waals surface area contributed by atoms with E-state index in [2.05, 4.69) is 46.4 Å². The van der Waals surface area contributed by atoms with Gasteiger partial charge in [0.25, 0.3) is 5.91 Å². The molecule has 2 aromatic carbocycles. The van der Waals surface area contributed by atoms with Gasteiger partial charge in [-0.1, -0.05) is 91.2 Å². The number of hydrogen-bond donors (Lipinski definition) is 1. The number of ether oxygens (including phenoxy) is 1. The first kappa shape index (κ1) is 30.9. The van der Waals surface area contributed by atoms with Crippen molar-refractivity contribution in [2.75, 3.05) is 11.5 Å². The molecule has 0 saturated heterocycles. The Morgan fingerprint density at radius 1 is 1.00 bits per heavy atom. The van der Waals surface area contributed by atoms with Gasteiger partial charge in [-0.2, -0.15) is 0 Å². The van der Waals surface area contributed by atoms with Gasteiger partial charge < -0.3 is 9.84 Å². The topological polar surface area (TPSA) is 106 Å². The standard InChI is InChI=1S/C32H34N4O4S3/c1-5-6-7-8-17-40-24-15-13-23(14-16-24)26-25(27(37)29-20(3)33-21(4)42-29)28(38)30(39)36(26)31-34-35-32(43-31)41-18-22-11-9-19(2)10-12-22/h9-16,26,38H,5-8,17-18H2,1-4H3. The molecular weight excluding hydrogens is 601 g/mol. The first-order valence-electron chi connectivity index (χ1n) is 14.3. The molecule has 11 heteroatoms. The third-order valence-electron chi connectivity index (χ3n) is 7.11. The number of aliphatic hydroxyl groups excluding tert-OH is 1. The van der Waals surface area contributed by atoms with Crippen LogP contribution in [0.15, 0.2) is 64.2 Å². The monoisotopic (exact) mass is 634 g/mol. The zero-order chi connectivity index (χ0) is 30.5. The summed E-state index contributed by atoms with van der Waals surface area (Å²) in [5.74, 6) is -0.285. The summed E-state index contributed by atoms with van der Waals surface area (Å²) in [5, 5.41) is 20.8. The molecule has 1 amide bonds. The molecule has 8 nitrogen and oxygen atoms in total. The maximum atomic E-state index is 13.9. The number of rotatable bonds is 13. The lowest BCUT2D eigenvalue weighted by molar-refractivity contribution is -0.117. The second-order valence-electron chi connectivity index (χ2n) is 10.4. The molecule has 3 heterocycles. The zero-order valence-electron chi connectivity index (χ0n) is 24.6. The van der Waals surface area contributed by atoms with Crippen molar-refractivity contribution in [2.45, 2.75) is 69.5 Å². The number of nitrogens with zero attached hydrogens (tertiary/aromatic N) is 4. The van der Waals surface area contributed by atoms with Crippen molar-refractivity contribution in [3.05, 3.63) is 92.1 Å². The van der Waals surface area contributed by atoms with E-state index in [0.717, 1.165) is 29.8 Å². The van der Waals surface area contributed by atoms with Crippen molar-refractivity contribution in [3.8, 4) is 5.75 Å². The summed E-state index contributed by atoms with van der Waals surface area (Å²) in [5.41, 5.74) is 3.57. The third-order valence-corrected chi connectivity index (χ3v) is 10.3. The van der Waals surface area contributed by atoms with Crippen LogP contribution >= 0.6 is 34.4 Å². The fourth-order valence-corrected chi connectivity index (χ4v) is 7.56. The minimum atomic E-state index is -0.886. The molecular formula is C32H34N4O4S3. The van der Waals surface area contributed by atoms with Gasteiger partial charge in [-0.25, -0.2) is 4.98 Å². The number of Topliss-reactive ketones (excluding diaryl/α,β-unsaturated/α-hetero) is 1. The van der Waals surface area contributed by atoms with Crippen LogP contribution in [0.4, 0.5) is 5.13 Å². The molecule has 0 spiro atoms. The van der Waals surface area contributed by atoms with Crippen molar-refractivity contribution in [1.82, 2.24) is 15.2 Å². The van der Waals surface area contributed by atoms with E-state index in [1.165, 1.54) is 51.3 Å². The summed E-state index contributed by atoms with van der Waals surface area (Å²) in [4.78, 5) is 33.7. The van der Waals surface area contributed by atoms with Crippen molar-refractivity contribution >= 4 is 51.3 Å². The largest absolute Gasteiger partial charge is 0.503 e. The number of anilines is 1. The molecule has 1 aliphatic heterocycles. The Morgan fingerprint density at radius 2 is 1.74 bits per heavy atom. The van der Waals surface area contributed by atoms with Crippen LogP contribution in [-0.2, 0) is 10.5 Å². The molecule has 0 aliphatic carbocycles. The Bertz CT molecular complexity index is 1630. The van der Waals surface area contributed by atoms with Crippen LogP contribution in [0.1, 0.15) is 75.7 Å². The fraction of sp³-hybridized carbons (Fsp3) is 0.344. The molecule has 1 N–H and O–H groups in total. The van der Waals surface area contributed by atoms with E-state index in [0.29, 0.717) is 43.7 Å². The number of aliphatic hydroxyl groups is 1. The van der Waals surface area contributed by atoms with Crippen molar-refractivity contribution in [1.29, 1.82) is 0 Å². The number of aryl methyl sites for hydroxylation is 3. The highest BCUT2D eigenvalue weighted by Crippen LogP contribution is 2.44. The Balaban J connectivity index is 1.43. The van der Waals surface area contributed by atoms with Crippen LogP contribution in [0, 0.1) is 20.8 Å². The molecule has 4 aromatic rings. The van der Waals surface area contributed by atoms with Crippen LogP contribution in [0.3, 0.4) is 0 Å².